The van der Waals surface area contributed by atoms with E-state index in [-0.39, 0.29) is 23.0 Å². The third-order valence-electron chi connectivity index (χ3n) is 2.83. The number of rotatable bonds is 3. The Balaban J connectivity index is 2.24. The predicted molar refractivity (Wildman–Crippen MR) is 70.1 cm³/mol. The number of carboxylic acids is 1. The van der Waals surface area contributed by atoms with E-state index in [1.807, 2.05) is 0 Å². The number of amides is 1. The largest absolute Gasteiger partial charge is 0.475 e. The van der Waals surface area contributed by atoms with Gasteiger partial charge in [0.05, 0.1) is 17.0 Å². The smallest absolute Gasteiger partial charge is 0.433 e. The molecule has 0 fully saturated rings. The average molecular weight is 329 g/mol. The van der Waals surface area contributed by atoms with E-state index >= 15 is 0 Å². The van der Waals surface area contributed by atoms with Crippen molar-refractivity contribution >= 4 is 17.9 Å². The molecule has 0 aliphatic carbocycles. The molecule has 23 heavy (non-hydrogen) atoms. The van der Waals surface area contributed by atoms with Gasteiger partial charge in [-0.25, -0.2) is 9.78 Å². The van der Waals surface area contributed by atoms with Crippen LogP contribution in [0.5, 0.6) is 0 Å². The van der Waals surface area contributed by atoms with Crippen LogP contribution in [0.3, 0.4) is 0 Å². The van der Waals surface area contributed by atoms with Crippen LogP contribution in [0.15, 0.2) is 16.5 Å². The number of carbonyl (C=O) groups is 2. The van der Waals surface area contributed by atoms with Gasteiger partial charge in [-0.2, -0.15) is 18.2 Å². The zero-order chi connectivity index (χ0) is 17.4. The van der Waals surface area contributed by atoms with Gasteiger partial charge in [0, 0.05) is 0 Å². The first-order valence-electron chi connectivity index (χ1n) is 6.16. The number of alkyl halides is 3. The summed E-state index contributed by atoms with van der Waals surface area (Å²) in [4.78, 5) is 29.9. The number of aromatic carboxylic acids is 1. The minimum Gasteiger partial charge on any atom is -0.475 e. The molecule has 2 N–H and O–H groups in total. The van der Waals surface area contributed by atoms with Crippen molar-refractivity contribution in [3.05, 3.63) is 40.5 Å². The van der Waals surface area contributed by atoms with E-state index < -0.39 is 29.5 Å². The summed E-state index contributed by atoms with van der Waals surface area (Å²) in [6, 6.07) is 1.27. The second kappa shape index (κ2) is 5.71. The first-order valence-corrected chi connectivity index (χ1v) is 6.16. The molecule has 0 spiro atoms. The minimum atomic E-state index is -4.62. The Morgan fingerprint density at radius 3 is 2.30 bits per heavy atom. The van der Waals surface area contributed by atoms with Crippen molar-refractivity contribution in [1.82, 2.24) is 9.97 Å². The summed E-state index contributed by atoms with van der Waals surface area (Å²) in [5.74, 6) is -2.62. The molecule has 122 valence electrons. The molecule has 0 aliphatic rings. The molecule has 2 aromatic heterocycles. The fourth-order valence-electron chi connectivity index (χ4n) is 1.77. The molecule has 0 saturated heterocycles. The molecule has 0 unspecified atom stereocenters. The Bertz CT molecular complexity index is 783. The van der Waals surface area contributed by atoms with E-state index in [4.69, 9.17) is 9.52 Å². The second-order valence-electron chi connectivity index (χ2n) is 4.52. The van der Waals surface area contributed by atoms with Gasteiger partial charge in [-0.05, 0) is 26.0 Å². The average Bonchev–Trinajstić information content (AvgIpc) is 2.78. The van der Waals surface area contributed by atoms with Crippen molar-refractivity contribution in [2.45, 2.75) is 20.0 Å². The van der Waals surface area contributed by atoms with Crippen LogP contribution >= 0.6 is 0 Å². The molecule has 2 aromatic rings. The zero-order valence-electron chi connectivity index (χ0n) is 11.9. The maximum absolute atomic E-state index is 12.5. The van der Waals surface area contributed by atoms with Crippen molar-refractivity contribution in [3.8, 4) is 0 Å². The molecule has 0 bridgehead atoms. The van der Waals surface area contributed by atoms with Gasteiger partial charge >= 0.3 is 18.2 Å². The summed E-state index contributed by atoms with van der Waals surface area (Å²) >= 11 is 0. The Labute approximate surface area is 127 Å². The number of oxazole rings is 1. The summed E-state index contributed by atoms with van der Waals surface area (Å²) < 4.78 is 42.4. The van der Waals surface area contributed by atoms with Crippen LogP contribution in [-0.4, -0.2) is 27.0 Å². The van der Waals surface area contributed by atoms with E-state index in [2.05, 4.69) is 15.3 Å². The number of carbonyl (C=O) groups excluding carboxylic acids is 1. The van der Waals surface area contributed by atoms with Crippen LogP contribution in [0.2, 0.25) is 0 Å². The van der Waals surface area contributed by atoms with Crippen molar-refractivity contribution < 1.29 is 32.3 Å². The molecule has 2 heterocycles. The van der Waals surface area contributed by atoms with Crippen molar-refractivity contribution in [1.29, 1.82) is 0 Å². The maximum atomic E-state index is 12.5. The molecule has 0 radical (unpaired) electrons. The van der Waals surface area contributed by atoms with Crippen LogP contribution in [0.4, 0.5) is 19.2 Å². The number of hydrogen-bond donors (Lipinski definition) is 2. The Morgan fingerprint density at radius 1 is 1.17 bits per heavy atom. The number of nitrogens with zero attached hydrogens (tertiary/aromatic N) is 2. The van der Waals surface area contributed by atoms with Gasteiger partial charge < -0.3 is 9.52 Å². The number of carboxylic acid groups (broad SMARTS) is 1. The highest BCUT2D eigenvalue weighted by Crippen LogP contribution is 2.28. The molecule has 0 atom stereocenters. The van der Waals surface area contributed by atoms with E-state index in [0.717, 1.165) is 6.07 Å². The molecular formula is C13H10F3N3O4. The second-order valence-corrected chi connectivity index (χ2v) is 4.52. The Kier molecular flexibility index (Phi) is 4.08. The standard InChI is InChI=1S/C13H10F3N3O4/c1-5-7(3-4-8(17-5)13(14,15)16)10(20)19-12-18-6(2)9(23-12)11(21)22/h3-4H,1-2H3,(H,21,22)(H,18,19,20). The summed E-state index contributed by atoms with van der Waals surface area (Å²) in [6.45, 7) is 2.61. The number of aromatic nitrogens is 2. The van der Waals surface area contributed by atoms with E-state index in [1.165, 1.54) is 13.8 Å². The molecule has 0 aromatic carbocycles. The molecular weight excluding hydrogens is 319 g/mol. The summed E-state index contributed by atoms with van der Waals surface area (Å²) in [6.07, 6.45) is -4.62. The SMILES string of the molecule is Cc1nc(C(F)(F)F)ccc1C(=O)Nc1nc(C)c(C(=O)O)o1. The van der Waals surface area contributed by atoms with Crippen LogP contribution in [0.1, 0.15) is 38.0 Å². The lowest BCUT2D eigenvalue weighted by atomic mass is 10.1. The quantitative estimate of drug-likeness (QED) is 0.897. The highest BCUT2D eigenvalue weighted by Gasteiger charge is 2.33. The van der Waals surface area contributed by atoms with Gasteiger partial charge in [0.1, 0.15) is 5.69 Å². The predicted octanol–water partition coefficient (Wildman–Crippen LogP) is 2.66. The number of hydrogen-bond acceptors (Lipinski definition) is 5. The summed E-state index contributed by atoms with van der Waals surface area (Å²) in [5.41, 5.74) is -1.33. The van der Waals surface area contributed by atoms with Crippen LogP contribution in [0, 0.1) is 13.8 Å². The van der Waals surface area contributed by atoms with Crippen LogP contribution in [-0.2, 0) is 6.18 Å². The highest BCUT2D eigenvalue weighted by molar-refractivity contribution is 6.04. The lowest BCUT2D eigenvalue weighted by Crippen LogP contribution is -2.16. The number of aryl methyl sites for hydroxylation is 2. The number of anilines is 1. The van der Waals surface area contributed by atoms with Crippen molar-refractivity contribution in [2.24, 2.45) is 0 Å². The van der Waals surface area contributed by atoms with Gasteiger partial charge in [0.2, 0.25) is 5.76 Å². The highest BCUT2D eigenvalue weighted by atomic mass is 19.4. The summed E-state index contributed by atoms with van der Waals surface area (Å²) in [7, 11) is 0. The lowest BCUT2D eigenvalue weighted by Gasteiger charge is -2.09. The van der Waals surface area contributed by atoms with Gasteiger partial charge in [-0.15, -0.1) is 0 Å². The van der Waals surface area contributed by atoms with E-state index in [0.29, 0.717) is 6.07 Å². The first-order chi connectivity index (χ1) is 10.6. The zero-order valence-corrected chi connectivity index (χ0v) is 11.9. The fraction of sp³-hybridized carbons (Fsp3) is 0.231. The Morgan fingerprint density at radius 2 is 1.83 bits per heavy atom. The van der Waals surface area contributed by atoms with Gasteiger partial charge in [-0.3, -0.25) is 10.1 Å². The topological polar surface area (TPSA) is 105 Å². The minimum absolute atomic E-state index is 0.0510. The monoisotopic (exact) mass is 329 g/mol. The molecule has 2 rings (SSSR count). The maximum Gasteiger partial charge on any atom is 0.433 e. The first kappa shape index (κ1) is 16.5. The fourth-order valence-corrected chi connectivity index (χ4v) is 1.77. The molecule has 10 heteroatoms. The third kappa shape index (κ3) is 3.47. The number of nitrogens with one attached hydrogen (secondary N) is 1. The van der Waals surface area contributed by atoms with E-state index in [1.54, 1.807) is 0 Å². The molecule has 0 aliphatic heterocycles. The number of pyridine rings is 1. The number of halogens is 3. The van der Waals surface area contributed by atoms with Crippen molar-refractivity contribution in [2.75, 3.05) is 5.32 Å². The molecule has 0 saturated carbocycles. The third-order valence-corrected chi connectivity index (χ3v) is 2.83. The van der Waals surface area contributed by atoms with Gasteiger partial charge in [0.25, 0.3) is 5.91 Å². The van der Waals surface area contributed by atoms with Gasteiger partial charge in [-0.1, -0.05) is 0 Å². The summed E-state index contributed by atoms with van der Waals surface area (Å²) in [5, 5.41) is 11.0. The van der Waals surface area contributed by atoms with Gasteiger partial charge in [0.15, 0.2) is 0 Å². The normalized spacial score (nSPS) is 11.3. The van der Waals surface area contributed by atoms with E-state index in [9.17, 15) is 22.8 Å². The molecule has 1 amide bonds. The lowest BCUT2D eigenvalue weighted by molar-refractivity contribution is -0.141. The van der Waals surface area contributed by atoms with Crippen LogP contribution in [0.25, 0.3) is 0 Å². The van der Waals surface area contributed by atoms with Crippen molar-refractivity contribution in [3.63, 3.8) is 0 Å². The Hall–Kier alpha value is -2.91. The van der Waals surface area contributed by atoms with Crippen LogP contribution < -0.4 is 5.32 Å². The molecule has 7 nitrogen and oxygen atoms in total.